The van der Waals surface area contributed by atoms with Gasteiger partial charge in [-0.1, -0.05) is 24.3 Å². The van der Waals surface area contributed by atoms with Crippen LogP contribution in [-0.2, 0) is 13.0 Å². The van der Waals surface area contributed by atoms with E-state index in [0.29, 0.717) is 31.0 Å². The highest BCUT2D eigenvalue weighted by Crippen LogP contribution is 2.12. The fourth-order valence-electron chi connectivity index (χ4n) is 2.21. The van der Waals surface area contributed by atoms with Crippen LogP contribution < -0.4 is 15.4 Å². The molecule has 0 saturated carbocycles. The summed E-state index contributed by atoms with van der Waals surface area (Å²) in [5.41, 5.74) is 1.42. The maximum absolute atomic E-state index is 13.6. The van der Waals surface area contributed by atoms with Gasteiger partial charge in [0.1, 0.15) is 5.75 Å². The molecule has 0 spiro atoms. The van der Waals surface area contributed by atoms with Crippen molar-refractivity contribution in [2.75, 3.05) is 20.7 Å². The van der Waals surface area contributed by atoms with E-state index in [9.17, 15) is 8.78 Å². The van der Waals surface area contributed by atoms with Crippen LogP contribution in [0.5, 0.6) is 5.75 Å². The van der Waals surface area contributed by atoms with Crippen molar-refractivity contribution in [1.29, 1.82) is 0 Å². The molecule has 0 aliphatic carbocycles. The molecule has 0 aliphatic rings. The number of aliphatic imine (C=N–C) groups is 1. The van der Waals surface area contributed by atoms with Crippen molar-refractivity contribution in [3.63, 3.8) is 0 Å². The lowest BCUT2D eigenvalue weighted by Gasteiger charge is -2.12. The summed E-state index contributed by atoms with van der Waals surface area (Å²) >= 11 is 0. The van der Waals surface area contributed by atoms with E-state index in [2.05, 4.69) is 15.6 Å². The Morgan fingerprint density at radius 1 is 1.08 bits per heavy atom. The molecule has 2 aromatic rings. The van der Waals surface area contributed by atoms with Gasteiger partial charge in [-0.3, -0.25) is 4.99 Å². The van der Waals surface area contributed by atoms with Crippen LogP contribution >= 0.6 is 24.0 Å². The first-order chi connectivity index (χ1) is 11.6. The quantitative estimate of drug-likeness (QED) is 0.394. The summed E-state index contributed by atoms with van der Waals surface area (Å²) in [6.45, 7) is 1.04. The zero-order valence-corrected chi connectivity index (χ0v) is 16.5. The molecule has 0 aromatic heterocycles. The van der Waals surface area contributed by atoms with Crippen LogP contribution in [0.25, 0.3) is 0 Å². The summed E-state index contributed by atoms with van der Waals surface area (Å²) in [6, 6.07) is 11.9. The zero-order valence-electron chi connectivity index (χ0n) is 14.2. The van der Waals surface area contributed by atoms with E-state index < -0.39 is 11.6 Å². The molecule has 25 heavy (non-hydrogen) atoms. The highest BCUT2D eigenvalue weighted by atomic mass is 127. The third-order valence-electron chi connectivity index (χ3n) is 3.56. The zero-order chi connectivity index (χ0) is 17.4. The van der Waals surface area contributed by atoms with E-state index in [0.717, 1.165) is 17.4 Å². The largest absolute Gasteiger partial charge is 0.497 e. The van der Waals surface area contributed by atoms with Crippen molar-refractivity contribution in [3.8, 4) is 5.75 Å². The molecule has 0 unspecified atom stereocenters. The summed E-state index contributed by atoms with van der Waals surface area (Å²) in [4.78, 5) is 4.11. The van der Waals surface area contributed by atoms with Crippen LogP contribution in [0.15, 0.2) is 47.5 Å². The van der Waals surface area contributed by atoms with E-state index in [4.69, 9.17) is 4.74 Å². The normalized spacial score (nSPS) is 10.8. The fraction of sp³-hybridized carbons (Fsp3) is 0.278. The van der Waals surface area contributed by atoms with Crippen molar-refractivity contribution in [3.05, 3.63) is 65.2 Å². The number of ether oxygens (including phenoxy) is 1. The van der Waals surface area contributed by atoms with Crippen molar-refractivity contribution in [2.24, 2.45) is 4.99 Å². The fourth-order valence-corrected chi connectivity index (χ4v) is 2.21. The van der Waals surface area contributed by atoms with Crippen molar-refractivity contribution >= 4 is 29.9 Å². The summed E-state index contributed by atoms with van der Waals surface area (Å²) in [5, 5.41) is 6.25. The Bertz CT molecular complexity index is 693. The number of benzene rings is 2. The van der Waals surface area contributed by atoms with Gasteiger partial charge in [-0.25, -0.2) is 8.78 Å². The molecular weight excluding hydrogens is 439 g/mol. The van der Waals surface area contributed by atoms with Crippen molar-refractivity contribution in [1.82, 2.24) is 10.6 Å². The van der Waals surface area contributed by atoms with Gasteiger partial charge in [0.05, 0.1) is 7.11 Å². The first kappa shape index (κ1) is 21.1. The Morgan fingerprint density at radius 3 is 2.44 bits per heavy atom. The number of halogens is 3. The first-order valence-corrected chi connectivity index (χ1v) is 7.64. The van der Waals surface area contributed by atoms with Gasteiger partial charge >= 0.3 is 0 Å². The van der Waals surface area contributed by atoms with E-state index in [1.54, 1.807) is 20.2 Å². The lowest BCUT2D eigenvalue weighted by atomic mass is 10.1. The lowest BCUT2D eigenvalue weighted by Crippen LogP contribution is -2.37. The van der Waals surface area contributed by atoms with Crippen LogP contribution in [0, 0.1) is 11.6 Å². The molecule has 4 nitrogen and oxygen atoms in total. The van der Waals surface area contributed by atoms with E-state index in [1.807, 2.05) is 24.3 Å². The Balaban J connectivity index is 0.00000312. The molecule has 0 fully saturated rings. The van der Waals surface area contributed by atoms with Crippen LogP contribution in [-0.4, -0.2) is 26.7 Å². The highest BCUT2D eigenvalue weighted by Gasteiger charge is 2.07. The van der Waals surface area contributed by atoms with E-state index in [1.165, 1.54) is 6.07 Å². The molecule has 7 heteroatoms. The lowest BCUT2D eigenvalue weighted by molar-refractivity contribution is 0.414. The minimum atomic E-state index is -0.825. The van der Waals surface area contributed by atoms with Gasteiger partial charge in [-0.05, 0) is 35.7 Å². The second kappa shape index (κ2) is 10.9. The second-order valence-corrected chi connectivity index (χ2v) is 5.16. The summed E-state index contributed by atoms with van der Waals surface area (Å²) in [7, 11) is 3.28. The van der Waals surface area contributed by atoms with Crippen molar-refractivity contribution < 1.29 is 13.5 Å². The number of hydrogen-bond acceptors (Lipinski definition) is 2. The smallest absolute Gasteiger partial charge is 0.191 e. The molecule has 0 atom stereocenters. The number of guanidine groups is 1. The van der Waals surface area contributed by atoms with Crippen LogP contribution in [0.3, 0.4) is 0 Å². The van der Waals surface area contributed by atoms with Crippen molar-refractivity contribution in [2.45, 2.75) is 13.0 Å². The van der Waals surface area contributed by atoms with Gasteiger partial charge in [0.15, 0.2) is 17.6 Å². The van der Waals surface area contributed by atoms with Crippen LogP contribution in [0.2, 0.25) is 0 Å². The van der Waals surface area contributed by atoms with Gasteiger partial charge in [-0.2, -0.15) is 0 Å². The Hall–Kier alpha value is -1.90. The van der Waals surface area contributed by atoms with Crippen LogP contribution in [0.1, 0.15) is 11.1 Å². The molecule has 136 valence electrons. The molecule has 0 heterocycles. The number of nitrogens with one attached hydrogen (secondary N) is 2. The molecule has 0 aliphatic heterocycles. The third-order valence-corrected chi connectivity index (χ3v) is 3.56. The maximum Gasteiger partial charge on any atom is 0.191 e. The monoisotopic (exact) mass is 461 g/mol. The number of rotatable bonds is 6. The van der Waals surface area contributed by atoms with Crippen LogP contribution in [0.4, 0.5) is 8.78 Å². The molecule has 2 rings (SSSR count). The van der Waals surface area contributed by atoms with Gasteiger partial charge in [0.25, 0.3) is 0 Å². The van der Waals surface area contributed by atoms with E-state index in [-0.39, 0.29) is 24.0 Å². The van der Waals surface area contributed by atoms with Gasteiger partial charge < -0.3 is 15.4 Å². The number of nitrogens with zero attached hydrogens (tertiary/aromatic N) is 1. The minimum Gasteiger partial charge on any atom is -0.497 e. The summed E-state index contributed by atoms with van der Waals surface area (Å²) in [6.07, 6.45) is 0.368. The Morgan fingerprint density at radius 2 is 1.80 bits per heavy atom. The van der Waals surface area contributed by atoms with Gasteiger partial charge in [0, 0.05) is 20.1 Å². The summed E-state index contributed by atoms with van der Waals surface area (Å²) in [5.74, 6) is -0.212. The predicted octanol–water partition coefficient (Wildman–Crippen LogP) is 3.50. The number of hydrogen-bond donors (Lipinski definition) is 2. The average molecular weight is 461 g/mol. The molecule has 0 bridgehead atoms. The highest BCUT2D eigenvalue weighted by molar-refractivity contribution is 14.0. The molecule has 0 saturated heterocycles. The Labute approximate surface area is 163 Å². The summed E-state index contributed by atoms with van der Waals surface area (Å²) < 4.78 is 31.8. The molecule has 0 amide bonds. The predicted molar refractivity (Wildman–Crippen MR) is 107 cm³/mol. The molecular formula is C18H22F2IN3O. The third kappa shape index (κ3) is 6.49. The average Bonchev–Trinajstić information content (AvgIpc) is 2.62. The van der Waals surface area contributed by atoms with Gasteiger partial charge in [-0.15, -0.1) is 24.0 Å². The first-order valence-electron chi connectivity index (χ1n) is 7.64. The van der Waals surface area contributed by atoms with E-state index >= 15 is 0 Å². The SMILES string of the molecule is CN=C(NCCc1cccc(F)c1F)NCc1ccc(OC)cc1.I. The topological polar surface area (TPSA) is 45.7 Å². The number of methoxy groups -OCH3 is 1. The molecule has 2 N–H and O–H groups in total. The standard InChI is InChI=1S/C18H21F2N3O.HI/c1-21-18(23-12-13-6-8-15(24-2)9-7-13)22-11-10-14-4-3-5-16(19)17(14)20;/h3-9H,10-12H2,1-2H3,(H2,21,22,23);1H. The molecule has 0 radical (unpaired) electrons. The molecule has 2 aromatic carbocycles. The maximum atomic E-state index is 13.6. The second-order valence-electron chi connectivity index (χ2n) is 5.16. The van der Waals surface area contributed by atoms with Gasteiger partial charge in [0.2, 0.25) is 0 Å². The minimum absolute atomic E-state index is 0. The Kier molecular flexibility index (Phi) is 9.18.